The van der Waals surface area contributed by atoms with E-state index in [9.17, 15) is 4.79 Å². The van der Waals surface area contributed by atoms with E-state index in [1.807, 2.05) is 20.0 Å². The molecule has 0 aromatic carbocycles. The van der Waals surface area contributed by atoms with Gasteiger partial charge in [-0.15, -0.1) is 0 Å². The molecule has 6 heteroatoms. The van der Waals surface area contributed by atoms with Gasteiger partial charge in [-0.2, -0.15) is 0 Å². The van der Waals surface area contributed by atoms with E-state index in [1.54, 1.807) is 18.0 Å². The molecule has 0 unspecified atom stereocenters. The summed E-state index contributed by atoms with van der Waals surface area (Å²) in [6, 6.07) is 1.96. The Labute approximate surface area is 127 Å². The summed E-state index contributed by atoms with van der Waals surface area (Å²) in [5.74, 6) is 0.734. The summed E-state index contributed by atoms with van der Waals surface area (Å²) >= 11 is 1.55. The molecule has 2 aromatic heterocycles. The molecule has 0 radical (unpaired) electrons. The lowest BCUT2D eigenvalue weighted by Crippen LogP contribution is -2.15. The Balaban J connectivity index is 1.83. The topological polar surface area (TPSA) is 70.7 Å². The summed E-state index contributed by atoms with van der Waals surface area (Å²) < 4.78 is 0. The van der Waals surface area contributed by atoms with Crippen LogP contribution >= 0.6 is 11.8 Å². The number of anilines is 1. The van der Waals surface area contributed by atoms with Crippen LogP contribution < -0.4 is 10.9 Å². The summed E-state index contributed by atoms with van der Waals surface area (Å²) in [6.07, 6.45) is 4.60. The van der Waals surface area contributed by atoms with E-state index >= 15 is 0 Å². The smallest absolute Gasteiger partial charge is 0.254 e. The molecule has 110 valence electrons. The zero-order valence-electron chi connectivity index (χ0n) is 12.2. The van der Waals surface area contributed by atoms with Gasteiger partial charge in [0.05, 0.1) is 5.69 Å². The van der Waals surface area contributed by atoms with Crippen molar-refractivity contribution in [2.24, 2.45) is 0 Å². The first kappa shape index (κ1) is 14.1. The molecule has 0 saturated carbocycles. The first-order valence-corrected chi connectivity index (χ1v) is 8.04. The third kappa shape index (κ3) is 2.81. The van der Waals surface area contributed by atoms with Crippen LogP contribution in [0.4, 0.5) is 5.69 Å². The number of nitrogens with zero attached hydrogens (tertiary/aromatic N) is 2. The van der Waals surface area contributed by atoms with Gasteiger partial charge in [0.25, 0.3) is 5.56 Å². The molecule has 2 heterocycles. The minimum absolute atomic E-state index is 0.0248. The Morgan fingerprint density at radius 1 is 1.43 bits per heavy atom. The monoisotopic (exact) mass is 302 g/mol. The fourth-order valence-corrected chi connectivity index (χ4v) is 3.63. The predicted molar refractivity (Wildman–Crippen MR) is 85.0 cm³/mol. The van der Waals surface area contributed by atoms with Gasteiger partial charge in [-0.3, -0.25) is 9.78 Å². The summed E-state index contributed by atoms with van der Waals surface area (Å²) in [6.45, 7) is 2.00. The number of hydrogen-bond donors (Lipinski definition) is 2. The van der Waals surface area contributed by atoms with Crippen molar-refractivity contribution in [3.63, 3.8) is 0 Å². The maximum Gasteiger partial charge on any atom is 0.254 e. The number of pyridine rings is 1. The van der Waals surface area contributed by atoms with Crippen LogP contribution in [0.2, 0.25) is 0 Å². The number of aryl methyl sites for hydroxylation is 2. The molecule has 1 aliphatic rings. The molecule has 0 fully saturated rings. The second-order valence-corrected chi connectivity index (χ2v) is 6.08. The maximum atomic E-state index is 12.0. The quantitative estimate of drug-likeness (QED) is 0.670. The van der Waals surface area contributed by atoms with E-state index in [1.165, 1.54) is 0 Å². The summed E-state index contributed by atoms with van der Waals surface area (Å²) in [5, 5.41) is 3.88. The fourth-order valence-electron chi connectivity index (χ4n) is 2.64. The fraction of sp³-hybridized carbons (Fsp3) is 0.400. The Hall–Kier alpha value is -1.82. The van der Waals surface area contributed by atoms with E-state index in [-0.39, 0.29) is 5.56 Å². The molecule has 0 amide bonds. The van der Waals surface area contributed by atoms with E-state index < -0.39 is 0 Å². The van der Waals surface area contributed by atoms with E-state index in [2.05, 4.69) is 20.3 Å². The van der Waals surface area contributed by atoms with Crippen LogP contribution in [0.1, 0.15) is 28.9 Å². The predicted octanol–water partition coefficient (Wildman–Crippen LogP) is 2.30. The van der Waals surface area contributed by atoms with Gasteiger partial charge in [-0.05, 0) is 32.3 Å². The molecule has 5 nitrogen and oxygen atoms in total. The van der Waals surface area contributed by atoms with Crippen LogP contribution in [0.25, 0.3) is 0 Å². The van der Waals surface area contributed by atoms with Crippen LogP contribution in [-0.2, 0) is 18.6 Å². The molecular formula is C15H18N4OS. The molecule has 0 bridgehead atoms. The molecule has 3 rings (SSSR count). The molecule has 2 N–H and O–H groups in total. The van der Waals surface area contributed by atoms with E-state index in [4.69, 9.17) is 0 Å². The van der Waals surface area contributed by atoms with Crippen molar-refractivity contribution in [1.29, 1.82) is 0 Å². The van der Waals surface area contributed by atoms with Gasteiger partial charge in [0.1, 0.15) is 0 Å². The SMILES string of the molecule is CNc1ccnc(C)c1CSc1nc2c(c(=O)[nH]1)CCC2. The minimum atomic E-state index is 0.0248. The van der Waals surface area contributed by atoms with Crippen LogP contribution in [0.5, 0.6) is 0 Å². The first-order valence-electron chi connectivity index (χ1n) is 7.06. The van der Waals surface area contributed by atoms with Crippen molar-refractivity contribution in [3.05, 3.63) is 45.1 Å². The summed E-state index contributed by atoms with van der Waals surface area (Å²) in [5.41, 5.74) is 5.08. The lowest BCUT2D eigenvalue weighted by Gasteiger charge is -2.11. The molecule has 2 aromatic rings. The number of nitrogens with one attached hydrogen (secondary N) is 2. The number of hydrogen-bond acceptors (Lipinski definition) is 5. The highest BCUT2D eigenvalue weighted by atomic mass is 32.2. The van der Waals surface area contributed by atoms with E-state index in [0.717, 1.165) is 53.2 Å². The van der Waals surface area contributed by atoms with Gasteiger partial charge in [-0.1, -0.05) is 11.8 Å². The van der Waals surface area contributed by atoms with Gasteiger partial charge < -0.3 is 10.3 Å². The van der Waals surface area contributed by atoms with Crippen LogP contribution in [-0.4, -0.2) is 22.0 Å². The highest BCUT2D eigenvalue weighted by Gasteiger charge is 2.17. The minimum Gasteiger partial charge on any atom is -0.388 e. The standard InChI is InChI=1S/C15H18N4OS/c1-9-11(12(16-2)6-7-17-9)8-21-15-18-13-5-3-4-10(13)14(20)19-15/h6-7H,3-5,8H2,1-2H3,(H,16,17)(H,18,19,20). The van der Waals surface area contributed by atoms with Gasteiger partial charge in [0.15, 0.2) is 5.16 Å². The molecular weight excluding hydrogens is 284 g/mol. The largest absolute Gasteiger partial charge is 0.388 e. The van der Waals surface area contributed by atoms with Gasteiger partial charge in [0, 0.05) is 41.5 Å². The van der Waals surface area contributed by atoms with Crippen LogP contribution in [0.15, 0.2) is 22.2 Å². The Morgan fingerprint density at radius 3 is 3.10 bits per heavy atom. The molecule has 0 saturated heterocycles. The van der Waals surface area contributed by atoms with Gasteiger partial charge in [-0.25, -0.2) is 4.98 Å². The highest BCUT2D eigenvalue weighted by Crippen LogP contribution is 2.27. The zero-order chi connectivity index (χ0) is 14.8. The zero-order valence-corrected chi connectivity index (χ0v) is 13.0. The second kappa shape index (κ2) is 5.89. The highest BCUT2D eigenvalue weighted by molar-refractivity contribution is 7.98. The Bertz CT molecular complexity index is 726. The van der Waals surface area contributed by atoms with Crippen LogP contribution in [0, 0.1) is 6.92 Å². The number of thioether (sulfide) groups is 1. The molecule has 1 aliphatic carbocycles. The van der Waals surface area contributed by atoms with Crippen molar-refractivity contribution in [3.8, 4) is 0 Å². The normalized spacial score (nSPS) is 13.2. The maximum absolute atomic E-state index is 12.0. The van der Waals surface area contributed by atoms with Gasteiger partial charge in [0.2, 0.25) is 0 Å². The summed E-state index contributed by atoms with van der Waals surface area (Å²) in [7, 11) is 1.90. The Morgan fingerprint density at radius 2 is 2.29 bits per heavy atom. The number of rotatable bonds is 4. The number of aromatic amines is 1. The lowest BCUT2D eigenvalue weighted by atomic mass is 10.2. The number of fused-ring (bicyclic) bond motifs is 1. The van der Waals surface area contributed by atoms with E-state index in [0.29, 0.717) is 5.16 Å². The van der Waals surface area contributed by atoms with Gasteiger partial charge >= 0.3 is 0 Å². The third-order valence-electron chi connectivity index (χ3n) is 3.81. The van der Waals surface area contributed by atoms with Crippen molar-refractivity contribution in [1.82, 2.24) is 15.0 Å². The lowest BCUT2D eigenvalue weighted by molar-refractivity contribution is 0.869. The third-order valence-corrected chi connectivity index (χ3v) is 4.71. The average Bonchev–Trinajstić information content (AvgIpc) is 2.94. The van der Waals surface area contributed by atoms with Crippen molar-refractivity contribution >= 4 is 17.4 Å². The number of aromatic nitrogens is 3. The molecule has 0 aliphatic heterocycles. The molecule has 0 atom stereocenters. The second-order valence-electron chi connectivity index (χ2n) is 5.11. The molecule has 0 spiro atoms. The Kier molecular flexibility index (Phi) is 3.96. The summed E-state index contributed by atoms with van der Waals surface area (Å²) in [4.78, 5) is 23.8. The van der Waals surface area contributed by atoms with Crippen molar-refractivity contribution < 1.29 is 0 Å². The van der Waals surface area contributed by atoms with Crippen molar-refractivity contribution in [2.75, 3.05) is 12.4 Å². The first-order chi connectivity index (χ1) is 10.2. The van der Waals surface area contributed by atoms with Crippen LogP contribution in [0.3, 0.4) is 0 Å². The van der Waals surface area contributed by atoms with Crippen molar-refractivity contribution in [2.45, 2.75) is 37.1 Å². The molecule has 21 heavy (non-hydrogen) atoms. The average molecular weight is 302 g/mol. The number of H-pyrrole nitrogens is 1.